The molecule has 3 aromatic rings. The van der Waals surface area contributed by atoms with E-state index in [9.17, 15) is 9.59 Å². The van der Waals surface area contributed by atoms with Crippen LogP contribution in [0.1, 0.15) is 23.9 Å². The Balaban J connectivity index is 1.58. The molecule has 2 aromatic carbocycles. The molecular weight excluding hydrogens is 400 g/mol. The second-order valence-electron chi connectivity index (χ2n) is 7.02. The van der Waals surface area contributed by atoms with E-state index in [0.29, 0.717) is 17.9 Å². The van der Waals surface area contributed by atoms with E-state index in [1.54, 1.807) is 11.3 Å². The highest BCUT2D eigenvalue weighted by molar-refractivity contribution is 7.09. The van der Waals surface area contributed by atoms with E-state index in [-0.39, 0.29) is 19.1 Å². The Morgan fingerprint density at radius 1 is 1.23 bits per heavy atom. The maximum absolute atomic E-state index is 13.0. The van der Waals surface area contributed by atoms with E-state index in [0.717, 1.165) is 21.8 Å². The molecule has 0 N–H and O–H groups in total. The fourth-order valence-corrected chi connectivity index (χ4v) is 3.94. The molecule has 0 fully saturated rings. The first-order valence-corrected chi connectivity index (χ1v) is 10.7. The Hall–Kier alpha value is -3.19. The van der Waals surface area contributed by atoms with Crippen molar-refractivity contribution in [3.63, 3.8) is 0 Å². The van der Waals surface area contributed by atoms with Crippen LogP contribution in [0.5, 0.6) is 5.75 Å². The first-order valence-electron chi connectivity index (χ1n) is 9.79. The van der Waals surface area contributed by atoms with Gasteiger partial charge in [-0.2, -0.15) is 0 Å². The number of hydrogen-bond donors (Lipinski definition) is 0. The van der Waals surface area contributed by atoms with Crippen LogP contribution in [0, 0.1) is 6.92 Å². The summed E-state index contributed by atoms with van der Waals surface area (Å²) in [6.45, 7) is 3.82. The van der Waals surface area contributed by atoms with Gasteiger partial charge in [0.2, 0.25) is 0 Å². The number of benzene rings is 2. The molecule has 30 heavy (non-hydrogen) atoms. The van der Waals surface area contributed by atoms with Gasteiger partial charge in [-0.1, -0.05) is 37.3 Å². The topological polar surface area (TPSA) is 68.7 Å². The van der Waals surface area contributed by atoms with Crippen LogP contribution < -0.4 is 9.64 Å². The maximum atomic E-state index is 13.0. The van der Waals surface area contributed by atoms with Gasteiger partial charge in [0, 0.05) is 10.9 Å². The number of fused-ring (bicyclic) bond motifs is 1. The van der Waals surface area contributed by atoms with Gasteiger partial charge in [0.25, 0.3) is 5.91 Å². The average Bonchev–Trinajstić information content (AvgIpc) is 3.20. The van der Waals surface area contributed by atoms with Gasteiger partial charge < -0.3 is 9.47 Å². The van der Waals surface area contributed by atoms with Gasteiger partial charge in [-0.25, -0.2) is 4.98 Å². The molecule has 0 saturated carbocycles. The predicted molar refractivity (Wildman–Crippen MR) is 116 cm³/mol. The number of thiazole rings is 1. The lowest BCUT2D eigenvalue weighted by atomic mass is 10.1. The SMILES string of the molecule is CCC1Oc2ccc(-c3csc(C)n3)cc2N(CC(=O)OCc2ccccc2)C1=O. The molecule has 0 aliphatic carbocycles. The zero-order valence-electron chi connectivity index (χ0n) is 16.8. The summed E-state index contributed by atoms with van der Waals surface area (Å²) in [4.78, 5) is 31.5. The Kier molecular flexibility index (Phi) is 5.81. The highest BCUT2D eigenvalue weighted by Gasteiger charge is 2.35. The Morgan fingerprint density at radius 3 is 2.73 bits per heavy atom. The van der Waals surface area contributed by atoms with Gasteiger partial charge in [-0.15, -0.1) is 11.3 Å². The summed E-state index contributed by atoms with van der Waals surface area (Å²) in [6.07, 6.45) is -0.104. The van der Waals surface area contributed by atoms with Crippen molar-refractivity contribution in [1.82, 2.24) is 4.98 Å². The Labute approximate surface area is 179 Å². The smallest absolute Gasteiger partial charge is 0.326 e. The van der Waals surface area contributed by atoms with Gasteiger partial charge >= 0.3 is 5.97 Å². The number of hydrogen-bond acceptors (Lipinski definition) is 6. The number of esters is 1. The van der Waals surface area contributed by atoms with Crippen LogP contribution in [0.25, 0.3) is 11.3 Å². The lowest BCUT2D eigenvalue weighted by molar-refractivity contribution is -0.144. The van der Waals surface area contributed by atoms with Crippen LogP contribution in [-0.2, 0) is 20.9 Å². The summed E-state index contributed by atoms with van der Waals surface area (Å²) < 4.78 is 11.3. The molecule has 1 atom stereocenters. The zero-order chi connectivity index (χ0) is 21.1. The average molecular weight is 423 g/mol. The van der Waals surface area contributed by atoms with Crippen LogP contribution in [0.4, 0.5) is 5.69 Å². The molecule has 154 valence electrons. The quantitative estimate of drug-likeness (QED) is 0.552. The molecular formula is C23H22N2O4S. The van der Waals surface area contributed by atoms with E-state index in [1.165, 1.54) is 4.90 Å². The molecule has 0 saturated heterocycles. The minimum absolute atomic E-state index is 0.167. The molecule has 7 heteroatoms. The van der Waals surface area contributed by atoms with Gasteiger partial charge in [0.1, 0.15) is 18.9 Å². The number of aromatic nitrogens is 1. The third kappa shape index (κ3) is 4.21. The number of anilines is 1. The van der Waals surface area contributed by atoms with Crippen molar-refractivity contribution in [2.75, 3.05) is 11.4 Å². The molecule has 0 bridgehead atoms. The van der Waals surface area contributed by atoms with Crippen molar-refractivity contribution >= 4 is 28.9 Å². The number of rotatable bonds is 6. The van der Waals surface area contributed by atoms with E-state index < -0.39 is 12.1 Å². The summed E-state index contributed by atoms with van der Waals surface area (Å²) in [7, 11) is 0. The van der Waals surface area contributed by atoms with E-state index in [1.807, 2.05) is 67.8 Å². The van der Waals surface area contributed by atoms with Crippen LogP contribution in [-0.4, -0.2) is 29.5 Å². The second kappa shape index (κ2) is 8.67. The molecule has 0 spiro atoms. The fraction of sp³-hybridized carbons (Fsp3) is 0.261. The minimum atomic E-state index is -0.619. The van der Waals surface area contributed by atoms with Crippen molar-refractivity contribution < 1.29 is 19.1 Å². The monoisotopic (exact) mass is 422 g/mol. The maximum Gasteiger partial charge on any atom is 0.326 e. The van der Waals surface area contributed by atoms with Crippen LogP contribution >= 0.6 is 11.3 Å². The molecule has 0 radical (unpaired) electrons. The number of aryl methyl sites for hydroxylation is 1. The number of nitrogens with zero attached hydrogens (tertiary/aromatic N) is 2. The number of carbonyl (C=O) groups is 2. The fourth-order valence-electron chi connectivity index (χ4n) is 3.31. The molecule has 1 aliphatic rings. The van der Waals surface area contributed by atoms with Gasteiger partial charge in [0.05, 0.1) is 16.4 Å². The largest absolute Gasteiger partial charge is 0.478 e. The lowest BCUT2D eigenvalue weighted by Crippen LogP contribution is -2.48. The lowest BCUT2D eigenvalue weighted by Gasteiger charge is -2.33. The van der Waals surface area contributed by atoms with Gasteiger partial charge in [-0.05, 0) is 37.1 Å². The molecule has 6 nitrogen and oxygen atoms in total. The summed E-state index contributed by atoms with van der Waals surface area (Å²) >= 11 is 1.56. The minimum Gasteiger partial charge on any atom is -0.478 e. The van der Waals surface area contributed by atoms with Gasteiger partial charge in [0.15, 0.2) is 6.10 Å². The molecule has 1 unspecified atom stereocenters. The molecule has 1 amide bonds. The summed E-state index contributed by atoms with van der Waals surface area (Å²) in [5.74, 6) is -0.133. The highest BCUT2D eigenvalue weighted by Crippen LogP contribution is 2.38. The van der Waals surface area contributed by atoms with Crippen molar-refractivity contribution in [2.24, 2.45) is 0 Å². The first kappa shape index (κ1) is 20.1. The Bertz CT molecular complexity index is 1060. The van der Waals surface area contributed by atoms with Crippen LogP contribution in [0.2, 0.25) is 0 Å². The van der Waals surface area contributed by atoms with Crippen LogP contribution in [0.15, 0.2) is 53.9 Å². The van der Waals surface area contributed by atoms with E-state index >= 15 is 0 Å². The second-order valence-corrected chi connectivity index (χ2v) is 8.08. The van der Waals surface area contributed by atoms with Crippen LogP contribution in [0.3, 0.4) is 0 Å². The van der Waals surface area contributed by atoms with Crippen molar-refractivity contribution in [3.05, 3.63) is 64.5 Å². The van der Waals surface area contributed by atoms with Crippen molar-refractivity contribution in [2.45, 2.75) is 33.0 Å². The molecule has 1 aromatic heterocycles. The van der Waals surface area contributed by atoms with E-state index in [2.05, 4.69) is 4.98 Å². The predicted octanol–water partition coefficient (Wildman–Crippen LogP) is 4.37. The summed E-state index contributed by atoms with van der Waals surface area (Å²) in [5, 5.41) is 2.93. The highest BCUT2D eigenvalue weighted by atomic mass is 32.1. The zero-order valence-corrected chi connectivity index (χ0v) is 17.6. The van der Waals surface area contributed by atoms with Gasteiger partial charge in [-0.3, -0.25) is 14.5 Å². The molecule has 1 aliphatic heterocycles. The molecule has 4 rings (SSSR count). The standard InChI is InChI=1S/C23H22N2O4S/c1-3-20-23(27)25(12-22(26)28-13-16-7-5-4-6-8-16)19-11-17(9-10-21(19)29-20)18-14-30-15(2)24-18/h4-11,14,20H,3,12-13H2,1-2H3. The summed E-state index contributed by atoms with van der Waals surface area (Å²) in [5.41, 5.74) is 3.15. The third-order valence-electron chi connectivity index (χ3n) is 4.88. The number of amides is 1. The normalized spacial score (nSPS) is 15.5. The van der Waals surface area contributed by atoms with Crippen molar-refractivity contribution in [1.29, 1.82) is 0 Å². The van der Waals surface area contributed by atoms with E-state index in [4.69, 9.17) is 9.47 Å². The summed E-state index contributed by atoms with van der Waals surface area (Å²) in [6, 6.07) is 15.0. The van der Waals surface area contributed by atoms with Crippen molar-refractivity contribution in [3.8, 4) is 17.0 Å². The number of carbonyl (C=O) groups excluding carboxylic acids is 2. The molecule has 2 heterocycles. The Morgan fingerprint density at radius 2 is 2.03 bits per heavy atom. The number of ether oxygens (including phenoxy) is 2. The first-order chi connectivity index (χ1) is 14.5. The third-order valence-corrected chi connectivity index (χ3v) is 5.65.